The summed E-state index contributed by atoms with van der Waals surface area (Å²) in [6.45, 7) is 0.812. The predicted octanol–water partition coefficient (Wildman–Crippen LogP) is 0.272. The van der Waals surface area contributed by atoms with Crippen LogP contribution in [0.3, 0.4) is 0 Å². The van der Waals surface area contributed by atoms with Gasteiger partial charge in [-0.3, -0.25) is 9.59 Å². The van der Waals surface area contributed by atoms with Crippen LogP contribution in [-0.2, 0) is 9.59 Å². The van der Waals surface area contributed by atoms with E-state index in [4.69, 9.17) is 10.8 Å². The zero-order chi connectivity index (χ0) is 13.1. The van der Waals surface area contributed by atoms with Gasteiger partial charge in [0.25, 0.3) is 0 Å². The van der Waals surface area contributed by atoms with Crippen LogP contribution in [-0.4, -0.2) is 41.5 Å². The molecule has 0 radical (unpaired) electrons. The summed E-state index contributed by atoms with van der Waals surface area (Å²) in [5.41, 5.74) is 6.53. The minimum Gasteiger partial charge on any atom is -0.481 e. The number of carboxylic acid groups (broad SMARTS) is 1. The number of nitrogens with zero attached hydrogens (tertiary/aromatic N) is 1. The van der Waals surface area contributed by atoms with Gasteiger partial charge in [-0.2, -0.15) is 0 Å². The SMILES string of the molecule is NCC(C(=O)N1CC(C(=O)O)C1)c1ccccc1. The Morgan fingerprint density at radius 3 is 2.44 bits per heavy atom. The molecule has 1 heterocycles. The molecule has 1 aliphatic heterocycles. The number of carboxylic acids is 1. The van der Waals surface area contributed by atoms with E-state index >= 15 is 0 Å². The maximum absolute atomic E-state index is 12.2. The number of hydrogen-bond donors (Lipinski definition) is 2. The number of hydrogen-bond acceptors (Lipinski definition) is 3. The topological polar surface area (TPSA) is 83.6 Å². The zero-order valence-electron chi connectivity index (χ0n) is 9.95. The van der Waals surface area contributed by atoms with Crippen molar-refractivity contribution >= 4 is 11.9 Å². The van der Waals surface area contributed by atoms with Gasteiger partial charge in [0.2, 0.25) is 5.91 Å². The van der Waals surface area contributed by atoms with Crippen molar-refractivity contribution in [2.75, 3.05) is 19.6 Å². The first kappa shape index (κ1) is 12.6. The average Bonchev–Trinajstić information content (AvgIpc) is 2.29. The van der Waals surface area contributed by atoms with Gasteiger partial charge in [-0.15, -0.1) is 0 Å². The molecule has 1 fully saturated rings. The van der Waals surface area contributed by atoms with Crippen LogP contribution in [0.5, 0.6) is 0 Å². The van der Waals surface area contributed by atoms with Crippen LogP contribution >= 0.6 is 0 Å². The number of rotatable bonds is 4. The summed E-state index contributed by atoms with van der Waals surface area (Å²) in [7, 11) is 0. The number of aliphatic carboxylic acids is 1. The number of nitrogens with two attached hydrogens (primary N) is 1. The highest BCUT2D eigenvalue weighted by molar-refractivity contribution is 5.86. The van der Waals surface area contributed by atoms with Gasteiger partial charge in [0, 0.05) is 19.6 Å². The van der Waals surface area contributed by atoms with Crippen LogP contribution in [0.15, 0.2) is 30.3 Å². The Morgan fingerprint density at radius 2 is 1.94 bits per heavy atom. The van der Waals surface area contributed by atoms with Crippen LogP contribution in [0, 0.1) is 5.92 Å². The predicted molar refractivity (Wildman–Crippen MR) is 65.9 cm³/mol. The third kappa shape index (κ3) is 2.36. The highest BCUT2D eigenvalue weighted by Crippen LogP contribution is 2.23. The summed E-state index contributed by atoms with van der Waals surface area (Å²) in [4.78, 5) is 24.4. The van der Waals surface area contributed by atoms with Crippen LogP contribution in [0.1, 0.15) is 11.5 Å². The molecule has 5 nitrogen and oxygen atoms in total. The van der Waals surface area contributed by atoms with E-state index in [1.165, 1.54) is 0 Å². The Kier molecular flexibility index (Phi) is 3.62. The molecule has 3 N–H and O–H groups in total. The van der Waals surface area contributed by atoms with E-state index < -0.39 is 11.9 Å². The van der Waals surface area contributed by atoms with E-state index in [-0.39, 0.29) is 31.5 Å². The summed E-state index contributed by atoms with van der Waals surface area (Å²) >= 11 is 0. The molecule has 0 spiro atoms. The van der Waals surface area contributed by atoms with Crippen molar-refractivity contribution in [3.63, 3.8) is 0 Å². The van der Waals surface area contributed by atoms with Crippen molar-refractivity contribution < 1.29 is 14.7 Å². The Morgan fingerprint density at radius 1 is 1.33 bits per heavy atom. The molecule has 1 aromatic carbocycles. The maximum atomic E-state index is 12.2. The molecule has 5 heteroatoms. The van der Waals surface area contributed by atoms with E-state index in [2.05, 4.69) is 0 Å². The van der Waals surface area contributed by atoms with Gasteiger partial charge in [0.1, 0.15) is 0 Å². The Labute approximate surface area is 105 Å². The number of carbonyl (C=O) groups excluding carboxylic acids is 1. The van der Waals surface area contributed by atoms with Crippen LogP contribution in [0.25, 0.3) is 0 Å². The van der Waals surface area contributed by atoms with Crippen molar-refractivity contribution in [2.24, 2.45) is 11.7 Å². The van der Waals surface area contributed by atoms with Gasteiger partial charge in [-0.05, 0) is 5.56 Å². The molecule has 0 aliphatic carbocycles. The zero-order valence-corrected chi connectivity index (χ0v) is 9.95. The minimum atomic E-state index is -0.844. The first-order chi connectivity index (χ1) is 8.63. The number of benzene rings is 1. The lowest BCUT2D eigenvalue weighted by Gasteiger charge is -2.38. The molecule has 1 atom stereocenters. The van der Waals surface area contributed by atoms with Gasteiger partial charge in [0.05, 0.1) is 11.8 Å². The Hall–Kier alpha value is -1.88. The average molecular weight is 248 g/mol. The molecule has 0 bridgehead atoms. The lowest BCUT2D eigenvalue weighted by molar-refractivity contribution is -0.153. The van der Waals surface area contributed by atoms with Gasteiger partial charge in [0.15, 0.2) is 0 Å². The third-order valence-electron chi connectivity index (χ3n) is 3.28. The normalized spacial score (nSPS) is 17.1. The maximum Gasteiger partial charge on any atom is 0.310 e. The molecule has 18 heavy (non-hydrogen) atoms. The van der Waals surface area contributed by atoms with Crippen molar-refractivity contribution in [3.05, 3.63) is 35.9 Å². The second-order valence-corrected chi connectivity index (χ2v) is 4.48. The second-order valence-electron chi connectivity index (χ2n) is 4.48. The fourth-order valence-corrected chi connectivity index (χ4v) is 2.10. The molecule has 1 amide bonds. The van der Waals surface area contributed by atoms with E-state index in [0.717, 1.165) is 5.56 Å². The molecule has 2 rings (SSSR count). The van der Waals surface area contributed by atoms with Gasteiger partial charge in [-0.25, -0.2) is 0 Å². The quantitative estimate of drug-likeness (QED) is 0.801. The second kappa shape index (κ2) is 5.18. The Balaban J connectivity index is 2.02. The first-order valence-corrected chi connectivity index (χ1v) is 5.90. The summed E-state index contributed by atoms with van der Waals surface area (Å²) in [5, 5.41) is 8.78. The lowest BCUT2D eigenvalue weighted by Crippen LogP contribution is -2.55. The third-order valence-corrected chi connectivity index (χ3v) is 3.28. The standard InChI is InChI=1S/C13H16N2O3/c14-6-11(9-4-2-1-3-5-9)12(16)15-7-10(8-15)13(17)18/h1-5,10-11H,6-8,14H2,(H,17,18). The molecule has 1 saturated heterocycles. The van der Waals surface area contributed by atoms with Gasteiger partial charge in [-0.1, -0.05) is 30.3 Å². The summed E-state index contributed by atoms with van der Waals surface area (Å²) in [6, 6.07) is 9.34. The molecule has 0 saturated carbocycles. The first-order valence-electron chi connectivity index (χ1n) is 5.90. The van der Waals surface area contributed by atoms with Gasteiger partial charge < -0.3 is 15.7 Å². The summed E-state index contributed by atoms with van der Waals surface area (Å²) in [6.07, 6.45) is 0. The van der Waals surface area contributed by atoms with Crippen molar-refractivity contribution in [3.8, 4) is 0 Å². The largest absolute Gasteiger partial charge is 0.481 e. The highest BCUT2D eigenvalue weighted by atomic mass is 16.4. The lowest BCUT2D eigenvalue weighted by atomic mass is 9.93. The fraction of sp³-hybridized carbons (Fsp3) is 0.385. The molecule has 0 aromatic heterocycles. The molecular formula is C13H16N2O3. The van der Waals surface area contributed by atoms with Crippen LogP contribution in [0.2, 0.25) is 0 Å². The smallest absolute Gasteiger partial charge is 0.310 e. The van der Waals surface area contributed by atoms with Gasteiger partial charge >= 0.3 is 5.97 Å². The molecular weight excluding hydrogens is 232 g/mol. The fourth-order valence-electron chi connectivity index (χ4n) is 2.10. The van der Waals surface area contributed by atoms with E-state index in [0.29, 0.717) is 0 Å². The monoisotopic (exact) mass is 248 g/mol. The molecule has 1 aromatic rings. The summed E-state index contributed by atoms with van der Waals surface area (Å²) in [5.74, 6) is -1.73. The minimum absolute atomic E-state index is 0.0822. The molecule has 1 unspecified atom stereocenters. The Bertz CT molecular complexity index is 441. The summed E-state index contributed by atoms with van der Waals surface area (Å²) < 4.78 is 0. The number of carbonyl (C=O) groups is 2. The van der Waals surface area contributed by atoms with E-state index in [9.17, 15) is 9.59 Å². The van der Waals surface area contributed by atoms with Crippen LogP contribution < -0.4 is 5.73 Å². The number of amides is 1. The number of likely N-dealkylation sites (tertiary alicyclic amines) is 1. The molecule has 96 valence electrons. The van der Waals surface area contributed by atoms with Crippen molar-refractivity contribution in [1.82, 2.24) is 4.90 Å². The van der Waals surface area contributed by atoms with Crippen LogP contribution in [0.4, 0.5) is 0 Å². The van der Waals surface area contributed by atoms with E-state index in [1.54, 1.807) is 4.90 Å². The van der Waals surface area contributed by atoms with Crippen molar-refractivity contribution in [1.29, 1.82) is 0 Å². The highest BCUT2D eigenvalue weighted by Gasteiger charge is 2.38. The van der Waals surface area contributed by atoms with E-state index in [1.807, 2.05) is 30.3 Å². The molecule has 1 aliphatic rings. The van der Waals surface area contributed by atoms with Crippen molar-refractivity contribution in [2.45, 2.75) is 5.92 Å².